The summed E-state index contributed by atoms with van der Waals surface area (Å²) in [6.07, 6.45) is 1.63. The summed E-state index contributed by atoms with van der Waals surface area (Å²) in [6.45, 7) is 2.82. The number of nitrogens with zero attached hydrogens (tertiary/aromatic N) is 4. The zero-order valence-electron chi connectivity index (χ0n) is 14.6. The number of rotatable bonds is 3. The lowest BCUT2D eigenvalue weighted by Crippen LogP contribution is -2.51. The van der Waals surface area contributed by atoms with E-state index in [1.54, 1.807) is 18.1 Å². The SMILES string of the molecule is COc1ccccc1N1CCN(C(=O)Nn2cnc3ccccc32)CC1. The van der Waals surface area contributed by atoms with Crippen LogP contribution >= 0.6 is 0 Å². The second kappa shape index (κ2) is 6.95. The lowest BCUT2D eigenvalue weighted by Gasteiger charge is -2.36. The maximum absolute atomic E-state index is 12.6. The number of fused-ring (bicyclic) bond motifs is 1. The van der Waals surface area contributed by atoms with E-state index in [-0.39, 0.29) is 6.03 Å². The first-order valence-electron chi connectivity index (χ1n) is 8.62. The first-order valence-corrected chi connectivity index (χ1v) is 8.62. The molecule has 2 heterocycles. The van der Waals surface area contributed by atoms with E-state index in [1.807, 2.05) is 53.4 Å². The number of aromatic nitrogens is 2. The number of hydrogen-bond acceptors (Lipinski definition) is 4. The fraction of sp³-hybridized carbons (Fsp3) is 0.263. The lowest BCUT2D eigenvalue weighted by atomic mass is 10.2. The molecular weight excluding hydrogens is 330 g/mol. The first-order chi connectivity index (χ1) is 12.8. The molecule has 0 aliphatic carbocycles. The Labute approximate surface area is 151 Å². The van der Waals surface area contributed by atoms with Gasteiger partial charge in [0.2, 0.25) is 0 Å². The molecule has 0 unspecified atom stereocenters. The summed E-state index contributed by atoms with van der Waals surface area (Å²) in [5, 5.41) is 0. The highest BCUT2D eigenvalue weighted by Gasteiger charge is 2.23. The van der Waals surface area contributed by atoms with Crippen LogP contribution in [0, 0.1) is 0 Å². The number of imidazole rings is 1. The molecule has 0 spiro atoms. The fourth-order valence-corrected chi connectivity index (χ4v) is 3.26. The number of hydrogen-bond donors (Lipinski definition) is 1. The van der Waals surface area contributed by atoms with Crippen LogP contribution in [0.4, 0.5) is 10.5 Å². The van der Waals surface area contributed by atoms with Gasteiger partial charge in [-0.3, -0.25) is 0 Å². The predicted molar refractivity (Wildman–Crippen MR) is 101 cm³/mol. The van der Waals surface area contributed by atoms with Gasteiger partial charge in [-0.2, -0.15) is 0 Å². The molecular formula is C19H21N5O2. The predicted octanol–water partition coefficient (Wildman–Crippen LogP) is 2.53. The number of nitrogens with one attached hydrogen (secondary N) is 1. The van der Waals surface area contributed by atoms with E-state index in [9.17, 15) is 4.79 Å². The molecule has 1 aliphatic rings. The van der Waals surface area contributed by atoms with E-state index < -0.39 is 0 Å². The van der Waals surface area contributed by atoms with Gasteiger partial charge in [0, 0.05) is 26.2 Å². The molecule has 0 saturated carbocycles. The second-order valence-electron chi connectivity index (χ2n) is 6.17. The minimum atomic E-state index is -0.118. The summed E-state index contributed by atoms with van der Waals surface area (Å²) in [5.74, 6) is 0.857. The zero-order chi connectivity index (χ0) is 17.9. The van der Waals surface area contributed by atoms with Gasteiger partial charge < -0.3 is 14.5 Å². The van der Waals surface area contributed by atoms with Crippen molar-refractivity contribution in [3.8, 4) is 5.75 Å². The van der Waals surface area contributed by atoms with Gasteiger partial charge in [-0.15, -0.1) is 0 Å². The second-order valence-corrected chi connectivity index (χ2v) is 6.17. The normalized spacial score (nSPS) is 14.5. The van der Waals surface area contributed by atoms with Crippen LogP contribution in [0.1, 0.15) is 0 Å². The average Bonchev–Trinajstić information content (AvgIpc) is 3.11. The van der Waals surface area contributed by atoms with Crippen LogP contribution in [0.25, 0.3) is 11.0 Å². The quantitative estimate of drug-likeness (QED) is 0.788. The Morgan fingerprint density at radius 3 is 2.58 bits per heavy atom. The van der Waals surface area contributed by atoms with Crippen LogP contribution in [0.3, 0.4) is 0 Å². The van der Waals surface area contributed by atoms with Crippen LogP contribution < -0.4 is 15.1 Å². The molecule has 0 bridgehead atoms. The Kier molecular flexibility index (Phi) is 4.35. The summed E-state index contributed by atoms with van der Waals surface area (Å²) in [6, 6.07) is 15.6. The van der Waals surface area contributed by atoms with Gasteiger partial charge in [-0.25, -0.2) is 19.9 Å². The van der Waals surface area contributed by atoms with E-state index in [0.29, 0.717) is 13.1 Å². The van der Waals surface area contributed by atoms with Crippen molar-refractivity contribution in [2.75, 3.05) is 43.6 Å². The van der Waals surface area contributed by atoms with E-state index in [4.69, 9.17) is 4.74 Å². The molecule has 7 nitrogen and oxygen atoms in total. The van der Waals surface area contributed by atoms with E-state index >= 15 is 0 Å². The number of urea groups is 1. The van der Waals surface area contributed by atoms with Gasteiger partial charge in [-0.05, 0) is 24.3 Å². The van der Waals surface area contributed by atoms with Gasteiger partial charge >= 0.3 is 6.03 Å². The largest absolute Gasteiger partial charge is 0.495 e. The molecule has 0 radical (unpaired) electrons. The Hall–Kier alpha value is -3.22. The van der Waals surface area contributed by atoms with Crippen LogP contribution in [0.2, 0.25) is 0 Å². The molecule has 26 heavy (non-hydrogen) atoms. The number of benzene rings is 2. The Morgan fingerprint density at radius 1 is 1.04 bits per heavy atom. The number of para-hydroxylation sites is 4. The number of piperazine rings is 1. The maximum Gasteiger partial charge on any atom is 0.336 e. The molecule has 0 atom stereocenters. The summed E-state index contributed by atoms with van der Waals surface area (Å²) >= 11 is 0. The Balaban J connectivity index is 1.41. The van der Waals surface area contributed by atoms with Crippen molar-refractivity contribution >= 4 is 22.8 Å². The first kappa shape index (κ1) is 16.3. The Morgan fingerprint density at radius 2 is 1.77 bits per heavy atom. The topological polar surface area (TPSA) is 62.6 Å². The minimum Gasteiger partial charge on any atom is -0.495 e. The summed E-state index contributed by atoms with van der Waals surface area (Å²) < 4.78 is 7.11. The summed E-state index contributed by atoms with van der Waals surface area (Å²) in [5.41, 5.74) is 5.71. The molecule has 7 heteroatoms. The molecule has 1 N–H and O–H groups in total. The number of methoxy groups -OCH3 is 1. The molecule has 1 fully saturated rings. The monoisotopic (exact) mass is 351 g/mol. The highest BCUT2D eigenvalue weighted by Crippen LogP contribution is 2.28. The summed E-state index contributed by atoms with van der Waals surface area (Å²) in [4.78, 5) is 21.0. The maximum atomic E-state index is 12.6. The van der Waals surface area contributed by atoms with Crippen molar-refractivity contribution in [3.63, 3.8) is 0 Å². The molecule has 1 saturated heterocycles. The fourth-order valence-electron chi connectivity index (χ4n) is 3.26. The van der Waals surface area contributed by atoms with Gasteiger partial charge in [-0.1, -0.05) is 24.3 Å². The standard InChI is InChI=1S/C19H21N5O2/c1-26-18-9-5-4-8-17(18)22-10-12-23(13-11-22)19(25)21-24-14-20-15-6-2-3-7-16(15)24/h2-9,14H,10-13H2,1H3,(H,21,25). The third-order valence-electron chi connectivity index (χ3n) is 4.66. The third kappa shape index (κ3) is 3.03. The molecule has 1 aliphatic heterocycles. The van der Waals surface area contributed by atoms with E-state index in [2.05, 4.69) is 15.3 Å². The van der Waals surface area contributed by atoms with Crippen molar-refractivity contribution in [1.82, 2.24) is 14.6 Å². The number of ether oxygens (including phenoxy) is 1. The van der Waals surface area contributed by atoms with Crippen molar-refractivity contribution in [2.45, 2.75) is 0 Å². The van der Waals surface area contributed by atoms with Crippen LogP contribution in [-0.4, -0.2) is 53.9 Å². The van der Waals surface area contributed by atoms with Gasteiger partial charge in [0.1, 0.15) is 12.1 Å². The highest BCUT2D eigenvalue weighted by atomic mass is 16.5. The average molecular weight is 351 g/mol. The molecule has 1 aromatic heterocycles. The summed E-state index contributed by atoms with van der Waals surface area (Å²) in [7, 11) is 1.68. The van der Waals surface area contributed by atoms with Gasteiger partial charge in [0.05, 0.1) is 23.8 Å². The lowest BCUT2D eigenvalue weighted by molar-refractivity contribution is 0.205. The molecule has 2 aromatic carbocycles. The van der Waals surface area contributed by atoms with Crippen molar-refractivity contribution in [1.29, 1.82) is 0 Å². The number of carbonyl (C=O) groups is 1. The molecule has 134 valence electrons. The van der Waals surface area contributed by atoms with E-state index in [0.717, 1.165) is 35.6 Å². The number of carbonyl (C=O) groups excluding carboxylic acids is 1. The molecule has 3 aromatic rings. The van der Waals surface area contributed by atoms with Crippen molar-refractivity contribution < 1.29 is 9.53 Å². The third-order valence-corrected chi connectivity index (χ3v) is 4.66. The molecule has 4 rings (SSSR count). The minimum absolute atomic E-state index is 0.118. The van der Waals surface area contributed by atoms with Crippen LogP contribution in [-0.2, 0) is 0 Å². The zero-order valence-corrected chi connectivity index (χ0v) is 14.6. The number of anilines is 1. The van der Waals surface area contributed by atoms with Crippen molar-refractivity contribution in [3.05, 3.63) is 54.9 Å². The highest BCUT2D eigenvalue weighted by molar-refractivity contribution is 5.85. The van der Waals surface area contributed by atoms with E-state index in [1.165, 1.54) is 0 Å². The van der Waals surface area contributed by atoms with Gasteiger partial charge in [0.25, 0.3) is 0 Å². The molecule has 2 amide bonds. The van der Waals surface area contributed by atoms with Gasteiger partial charge in [0.15, 0.2) is 0 Å². The Bertz CT molecular complexity index is 915. The van der Waals surface area contributed by atoms with Crippen LogP contribution in [0.15, 0.2) is 54.9 Å². The smallest absolute Gasteiger partial charge is 0.336 e. The van der Waals surface area contributed by atoms with Crippen LogP contribution in [0.5, 0.6) is 5.75 Å². The number of amides is 2. The van der Waals surface area contributed by atoms with Crippen molar-refractivity contribution in [2.24, 2.45) is 0 Å².